The van der Waals surface area contributed by atoms with E-state index in [-0.39, 0.29) is 6.04 Å². The number of rotatable bonds is 7. The van der Waals surface area contributed by atoms with E-state index >= 15 is 0 Å². The van der Waals surface area contributed by atoms with E-state index in [0.717, 1.165) is 12.1 Å². The Bertz CT molecular complexity index is 469. The van der Waals surface area contributed by atoms with Crippen molar-refractivity contribution in [2.75, 3.05) is 25.6 Å². The molecule has 0 aromatic heterocycles. The van der Waals surface area contributed by atoms with Gasteiger partial charge in [-0.25, -0.2) is 4.79 Å². The second-order valence-electron chi connectivity index (χ2n) is 6.33. The van der Waals surface area contributed by atoms with Crippen molar-refractivity contribution in [3.05, 3.63) is 29.8 Å². The number of carbonyl (C=O) groups is 1. The maximum Gasteiger partial charge on any atom is 0.407 e. The predicted molar refractivity (Wildman–Crippen MR) is 89.3 cm³/mol. The zero-order valence-electron chi connectivity index (χ0n) is 14.2. The second kappa shape index (κ2) is 8.63. The van der Waals surface area contributed by atoms with Crippen LogP contribution in [-0.4, -0.2) is 38.0 Å². The third-order valence-corrected chi connectivity index (χ3v) is 2.95. The van der Waals surface area contributed by atoms with Gasteiger partial charge < -0.3 is 20.1 Å². The zero-order valence-corrected chi connectivity index (χ0v) is 14.2. The first kappa shape index (κ1) is 18.3. The molecule has 1 aromatic rings. The summed E-state index contributed by atoms with van der Waals surface area (Å²) in [6.07, 6.45) is 0.458. The van der Waals surface area contributed by atoms with Gasteiger partial charge >= 0.3 is 6.09 Å². The van der Waals surface area contributed by atoms with Gasteiger partial charge in [0, 0.05) is 25.4 Å². The average Bonchev–Trinajstić information content (AvgIpc) is 2.42. The maximum absolute atomic E-state index is 11.6. The summed E-state index contributed by atoms with van der Waals surface area (Å²) in [5, 5.41) is 6.19. The molecule has 0 heterocycles. The number of methoxy groups -OCH3 is 1. The van der Waals surface area contributed by atoms with Crippen LogP contribution >= 0.6 is 0 Å². The lowest BCUT2D eigenvalue weighted by Gasteiger charge is -2.22. The van der Waals surface area contributed by atoms with Crippen LogP contribution in [0.25, 0.3) is 0 Å². The Hall–Kier alpha value is -1.75. The van der Waals surface area contributed by atoms with Gasteiger partial charge in [-0.05, 0) is 45.7 Å². The van der Waals surface area contributed by atoms with Crippen molar-refractivity contribution >= 4 is 11.8 Å². The van der Waals surface area contributed by atoms with Crippen LogP contribution in [0.3, 0.4) is 0 Å². The number of hydrogen-bond acceptors (Lipinski definition) is 4. The van der Waals surface area contributed by atoms with E-state index in [4.69, 9.17) is 9.47 Å². The lowest BCUT2D eigenvalue weighted by atomic mass is 10.1. The number of anilines is 1. The number of carbonyl (C=O) groups excluding carboxylic acids is 1. The van der Waals surface area contributed by atoms with Gasteiger partial charge in [-0.3, -0.25) is 0 Å². The summed E-state index contributed by atoms with van der Waals surface area (Å²) >= 11 is 0. The van der Waals surface area contributed by atoms with Crippen LogP contribution in [-0.2, 0) is 15.9 Å². The second-order valence-corrected chi connectivity index (χ2v) is 6.33. The summed E-state index contributed by atoms with van der Waals surface area (Å²) in [5.74, 6) is 0. The van der Waals surface area contributed by atoms with Crippen molar-refractivity contribution < 1.29 is 14.3 Å². The molecule has 0 radical (unpaired) electrons. The first-order valence-electron chi connectivity index (χ1n) is 7.62. The minimum absolute atomic E-state index is 0.0937. The quantitative estimate of drug-likeness (QED) is 0.812. The van der Waals surface area contributed by atoms with Crippen molar-refractivity contribution in [3.63, 3.8) is 0 Å². The number of ether oxygens (including phenoxy) is 2. The van der Waals surface area contributed by atoms with Crippen LogP contribution < -0.4 is 10.6 Å². The molecule has 0 saturated carbocycles. The van der Waals surface area contributed by atoms with Gasteiger partial charge in [-0.15, -0.1) is 0 Å². The van der Waals surface area contributed by atoms with Gasteiger partial charge in [0.1, 0.15) is 5.60 Å². The topological polar surface area (TPSA) is 59.6 Å². The van der Waals surface area contributed by atoms with Crippen LogP contribution in [0.1, 0.15) is 33.3 Å². The van der Waals surface area contributed by atoms with E-state index in [1.165, 1.54) is 5.56 Å². The van der Waals surface area contributed by atoms with E-state index < -0.39 is 11.7 Å². The molecule has 0 bridgehead atoms. The van der Waals surface area contributed by atoms with Crippen LogP contribution in [0.4, 0.5) is 10.5 Å². The minimum atomic E-state index is -0.479. The summed E-state index contributed by atoms with van der Waals surface area (Å²) in [6.45, 7) is 8.74. The van der Waals surface area contributed by atoms with Crippen molar-refractivity contribution in [1.82, 2.24) is 5.32 Å². The van der Waals surface area contributed by atoms with Gasteiger partial charge in [0.2, 0.25) is 0 Å². The molecule has 0 aliphatic heterocycles. The Morgan fingerprint density at radius 3 is 2.59 bits per heavy atom. The van der Waals surface area contributed by atoms with Gasteiger partial charge in [0.25, 0.3) is 0 Å². The van der Waals surface area contributed by atoms with Crippen molar-refractivity contribution in [2.24, 2.45) is 0 Å². The molecule has 5 nitrogen and oxygen atoms in total. The molecule has 0 spiro atoms. The molecule has 0 aliphatic rings. The summed E-state index contributed by atoms with van der Waals surface area (Å²) in [6, 6.07) is 8.22. The van der Waals surface area contributed by atoms with E-state index in [1.54, 1.807) is 7.11 Å². The number of hydrogen-bond donors (Lipinski definition) is 2. The largest absolute Gasteiger partial charge is 0.444 e. The maximum atomic E-state index is 11.6. The van der Waals surface area contributed by atoms with Crippen LogP contribution in [0, 0.1) is 0 Å². The number of benzene rings is 1. The van der Waals surface area contributed by atoms with Crippen LogP contribution in [0.15, 0.2) is 24.3 Å². The third kappa shape index (κ3) is 7.31. The summed E-state index contributed by atoms with van der Waals surface area (Å²) in [7, 11) is 1.70. The first-order chi connectivity index (χ1) is 10.3. The molecule has 1 rings (SSSR count). The molecule has 1 atom stereocenters. The Morgan fingerprint density at radius 2 is 1.95 bits per heavy atom. The summed E-state index contributed by atoms with van der Waals surface area (Å²) < 4.78 is 10.4. The molecule has 0 fully saturated rings. The molecule has 0 saturated heterocycles. The fourth-order valence-electron chi connectivity index (χ4n) is 1.96. The normalized spacial score (nSPS) is 12.6. The number of amides is 1. The van der Waals surface area contributed by atoms with Gasteiger partial charge in [0.05, 0.1) is 6.61 Å². The van der Waals surface area contributed by atoms with Crippen molar-refractivity contribution in [3.8, 4) is 0 Å². The lowest BCUT2D eigenvalue weighted by Crippen LogP contribution is -2.38. The summed E-state index contributed by atoms with van der Waals surface area (Å²) in [5.41, 5.74) is 1.79. The first-order valence-corrected chi connectivity index (χ1v) is 7.62. The monoisotopic (exact) mass is 308 g/mol. The molecule has 124 valence electrons. The highest BCUT2D eigenvalue weighted by Crippen LogP contribution is 2.16. The Labute approximate surface area is 133 Å². The van der Waals surface area contributed by atoms with Crippen LogP contribution in [0.5, 0.6) is 0 Å². The predicted octanol–water partition coefficient (Wildman–Crippen LogP) is 3.20. The Balaban J connectivity index is 2.48. The zero-order chi connectivity index (χ0) is 16.6. The molecular formula is C17H28N2O3. The highest BCUT2D eigenvalue weighted by Gasteiger charge is 2.16. The standard InChI is InChI=1S/C17H28N2O3/c1-13(12-18-16(20)22-17(2,3)4)19-15-9-7-6-8-14(15)10-11-21-5/h6-9,13,19H,10-12H2,1-5H3,(H,18,20). The van der Waals surface area contributed by atoms with E-state index in [1.807, 2.05) is 45.9 Å². The molecule has 1 unspecified atom stereocenters. The summed E-state index contributed by atoms with van der Waals surface area (Å²) in [4.78, 5) is 11.6. The van der Waals surface area contributed by atoms with Crippen molar-refractivity contribution in [2.45, 2.75) is 45.8 Å². The average molecular weight is 308 g/mol. The third-order valence-electron chi connectivity index (χ3n) is 2.95. The Morgan fingerprint density at radius 1 is 1.27 bits per heavy atom. The number of nitrogens with one attached hydrogen (secondary N) is 2. The smallest absolute Gasteiger partial charge is 0.407 e. The van der Waals surface area contributed by atoms with E-state index in [9.17, 15) is 4.79 Å². The molecular weight excluding hydrogens is 280 g/mol. The molecule has 0 aliphatic carbocycles. The van der Waals surface area contributed by atoms with Gasteiger partial charge in [-0.2, -0.15) is 0 Å². The van der Waals surface area contributed by atoms with E-state index in [0.29, 0.717) is 13.2 Å². The molecule has 22 heavy (non-hydrogen) atoms. The minimum Gasteiger partial charge on any atom is -0.444 e. The fraction of sp³-hybridized carbons (Fsp3) is 0.588. The SMILES string of the molecule is COCCc1ccccc1NC(C)CNC(=O)OC(C)(C)C. The molecule has 5 heteroatoms. The van der Waals surface area contributed by atoms with Crippen LogP contribution in [0.2, 0.25) is 0 Å². The lowest BCUT2D eigenvalue weighted by molar-refractivity contribution is 0.0526. The molecule has 1 aromatic carbocycles. The number of para-hydroxylation sites is 1. The molecule has 2 N–H and O–H groups in total. The van der Waals surface area contributed by atoms with E-state index in [2.05, 4.69) is 16.7 Å². The highest BCUT2D eigenvalue weighted by molar-refractivity contribution is 5.67. The fourth-order valence-corrected chi connectivity index (χ4v) is 1.96. The van der Waals surface area contributed by atoms with Gasteiger partial charge in [-0.1, -0.05) is 18.2 Å². The van der Waals surface area contributed by atoms with Crippen molar-refractivity contribution in [1.29, 1.82) is 0 Å². The Kier molecular flexibility index (Phi) is 7.18. The van der Waals surface area contributed by atoms with Gasteiger partial charge in [0.15, 0.2) is 0 Å². The highest BCUT2D eigenvalue weighted by atomic mass is 16.6. The molecule has 1 amide bonds. The number of alkyl carbamates (subject to hydrolysis) is 1.